The van der Waals surface area contributed by atoms with E-state index in [0.717, 1.165) is 42.7 Å². The molecule has 0 atom stereocenters. The molecule has 0 amide bonds. The molecule has 0 saturated heterocycles. The summed E-state index contributed by atoms with van der Waals surface area (Å²) in [4.78, 5) is 0. The Morgan fingerprint density at radius 3 is 1.98 bits per heavy atom. The number of rotatable bonds is 9. The molecule has 0 spiro atoms. The molecule has 2 nitrogen and oxygen atoms in total. The van der Waals surface area contributed by atoms with Gasteiger partial charge in [-0.3, -0.25) is 0 Å². The summed E-state index contributed by atoms with van der Waals surface area (Å²) in [6.45, 7) is 7.49. The summed E-state index contributed by atoms with van der Waals surface area (Å²) in [7, 11) is -1.08. The summed E-state index contributed by atoms with van der Waals surface area (Å²) in [6, 6.07) is 34.5. The van der Waals surface area contributed by atoms with Gasteiger partial charge in [-0.15, -0.1) is 0 Å². The lowest BCUT2D eigenvalue weighted by Crippen LogP contribution is -2.16. The third kappa shape index (κ3) is 5.02. The standard InChI is InChI=1S/C37H37O2P/c1-4-5-25-38-34-24-23-28-15-12-13-20-33(28)36(34)35-26(2)31-21-14-22-32(31)27(3)37(35)39-40(29-16-8-6-9-17-29)30-18-10-7-11-19-30/h6-13,15-20,23-24H,4-5,14,21-22,25H2,1-3H3. The number of ether oxygens (including phenoxy) is 1. The van der Waals surface area contributed by atoms with Gasteiger partial charge < -0.3 is 9.26 Å². The summed E-state index contributed by atoms with van der Waals surface area (Å²) in [5.41, 5.74) is 7.94. The topological polar surface area (TPSA) is 18.5 Å². The Bertz CT molecular complexity index is 1590. The predicted octanol–water partition coefficient (Wildman–Crippen LogP) is 9.22. The van der Waals surface area contributed by atoms with Crippen LogP contribution in [0.25, 0.3) is 21.9 Å². The SMILES string of the molecule is CCCCOc1ccc2ccccc2c1-c1c(C)c2c(c(C)c1OP(c1ccccc1)c1ccccc1)CCC2. The molecule has 5 aromatic carbocycles. The number of hydrogen-bond acceptors (Lipinski definition) is 2. The van der Waals surface area contributed by atoms with Crippen molar-refractivity contribution >= 4 is 29.5 Å². The maximum absolute atomic E-state index is 7.35. The molecule has 0 heterocycles. The van der Waals surface area contributed by atoms with Crippen molar-refractivity contribution in [1.82, 2.24) is 0 Å². The van der Waals surface area contributed by atoms with Crippen LogP contribution in [0.4, 0.5) is 0 Å². The van der Waals surface area contributed by atoms with Gasteiger partial charge in [-0.1, -0.05) is 104 Å². The fourth-order valence-electron chi connectivity index (χ4n) is 6.06. The molecule has 0 fully saturated rings. The highest BCUT2D eigenvalue weighted by atomic mass is 31.1. The quantitative estimate of drug-likeness (QED) is 0.136. The van der Waals surface area contributed by atoms with E-state index in [1.54, 1.807) is 0 Å². The van der Waals surface area contributed by atoms with Gasteiger partial charge in [0, 0.05) is 21.7 Å². The van der Waals surface area contributed by atoms with Gasteiger partial charge in [0.2, 0.25) is 0 Å². The maximum atomic E-state index is 7.35. The largest absolute Gasteiger partial charge is 0.493 e. The second kappa shape index (κ2) is 11.9. The summed E-state index contributed by atoms with van der Waals surface area (Å²) in [6.07, 6.45) is 5.57. The van der Waals surface area contributed by atoms with E-state index in [2.05, 4.69) is 118 Å². The van der Waals surface area contributed by atoms with Gasteiger partial charge in [-0.25, -0.2) is 0 Å². The minimum absolute atomic E-state index is 0.710. The third-order valence-corrected chi connectivity index (χ3v) is 10.0. The monoisotopic (exact) mass is 544 g/mol. The fourth-order valence-corrected chi connectivity index (χ4v) is 7.87. The van der Waals surface area contributed by atoms with Crippen molar-refractivity contribution in [1.29, 1.82) is 0 Å². The Hall–Kier alpha value is -3.61. The highest BCUT2D eigenvalue weighted by Crippen LogP contribution is 2.52. The summed E-state index contributed by atoms with van der Waals surface area (Å²) in [5.74, 6) is 1.95. The van der Waals surface area contributed by atoms with Crippen LogP contribution >= 0.6 is 8.15 Å². The normalized spacial score (nSPS) is 12.6. The molecule has 40 heavy (non-hydrogen) atoms. The smallest absolute Gasteiger partial charge is 0.150 e. The molecule has 0 radical (unpaired) electrons. The van der Waals surface area contributed by atoms with Crippen molar-refractivity contribution in [2.24, 2.45) is 0 Å². The average molecular weight is 545 g/mol. The molecule has 5 aromatic rings. The Morgan fingerprint density at radius 1 is 0.675 bits per heavy atom. The predicted molar refractivity (Wildman–Crippen MR) is 171 cm³/mol. The summed E-state index contributed by atoms with van der Waals surface area (Å²) < 4.78 is 13.9. The highest BCUT2D eigenvalue weighted by molar-refractivity contribution is 7.68. The first-order valence-electron chi connectivity index (χ1n) is 14.6. The molecular weight excluding hydrogens is 507 g/mol. The number of benzene rings is 5. The molecule has 0 aliphatic heterocycles. The molecule has 3 heteroatoms. The van der Waals surface area contributed by atoms with Crippen LogP contribution in [-0.4, -0.2) is 6.61 Å². The van der Waals surface area contributed by atoms with E-state index in [9.17, 15) is 0 Å². The molecule has 0 saturated carbocycles. The van der Waals surface area contributed by atoms with Gasteiger partial charge in [-0.2, -0.15) is 0 Å². The van der Waals surface area contributed by atoms with E-state index in [4.69, 9.17) is 9.26 Å². The van der Waals surface area contributed by atoms with Gasteiger partial charge in [0.1, 0.15) is 11.5 Å². The lowest BCUT2D eigenvalue weighted by atomic mass is 9.87. The van der Waals surface area contributed by atoms with Crippen molar-refractivity contribution in [2.45, 2.75) is 52.9 Å². The van der Waals surface area contributed by atoms with Crippen LogP contribution in [0.15, 0.2) is 97.1 Å². The van der Waals surface area contributed by atoms with Gasteiger partial charge in [-0.05, 0) is 78.6 Å². The van der Waals surface area contributed by atoms with E-state index in [1.807, 2.05) is 0 Å². The van der Waals surface area contributed by atoms with Crippen molar-refractivity contribution < 1.29 is 9.26 Å². The van der Waals surface area contributed by atoms with E-state index in [0.29, 0.717) is 6.61 Å². The zero-order valence-corrected chi connectivity index (χ0v) is 24.6. The minimum atomic E-state index is -1.08. The molecule has 1 aliphatic carbocycles. The van der Waals surface area contributed by atoms with Crippen molar-refractivity contribution in [2.75, 3.05) is 6.61 Å². The number of hydrogen-bond donors (Lipinski definition) is 0. The van der Waals surface area contributed by atoms with Crippen LogP contribution in [-0.2, 0) is 12.8 Å². The van der Waals surface area contributed by atoms with Gasteiger partial charge >= 0.3 is 0 Å². The molecule has 0 N–H and O–H groups in total. The van der Waals surface area contributed by atoms with Crippen molar-refractivity contribution in [3.05, 3.63) is 119 Å². The molecule has 0 unspecified atom stereocenters. The molecular formula is C37H37O2P. The van der Waals surface area contributed by atoms with Gasteiger partial charge in [0.25, 0.3) is 0 Å². The first kappa shape index (κ1) is 26.6. The first-order valence-corrected chi connectivity index (χ1v) is 15.8. The second-order valence-corrected chi connectivity index (χ2v) is 12.5. The number of unbranched alkanes of at least 4 members (excludes halogenated alkanes) is 1. The van der Waals surface area contributed by atoms with E-state index < -0.39 is 8.15 Å². The van der Waals surface area contributed by atoms with Crippen LogP contribution in [0.2, 0.25) is 0 Å². The minimum Gasteiger partial charge on any atom is -0.493 e. The van der Waals surface area contributed by atoms with Gasteiger partial charge in [0.15, 0.2) is 8.15 Å². The van der Waals surface area contributed by atoms with Crippen LogP contribution in [0.3, 0.4) is 0 Å². The zero-order chi connectivity index (χ0) is 27.5. The lowest BCUT2D eigenvalue weighted by Gasteiger charge is -2.27. The van der Waals surface area contributed by atoms with Crippen LogP contribution in [0, 0.1) is 13.8 Å². The van der Waals surface area contributed by atoms with Crippen LogP contribution < -0.4 is 19.9 Å². The van der Waals surface area contributed by atoms with E-state index in [1.165, 1.54) is 55.6 Å². The van der Waals surface area contributed by atoms with Crippen LogP contribution in [0.5, 0.6) is 11.5 Å². The molecule has 0 aromatic heterocycles. The Kier molecular flexibility index (Phi) is 7.89. The first-order chi connectivity index (χ1) is 19.7. The average Bonchev–Trinajstić information content (AvgIpc) is 3.50. The summed E-state index contributed by atoms with van der Waals surface area (Å²) >= 11 is 0. The van der Waals surface area contributed by atoms with Gasteiger partial charge in [0.05, 0.1) is 6.61 Å². The second-order valence-electron chi connectivity index (χ2n) is 10.7. The highest BCUT2D eigenvalue weighted by Gasteiger charge is 2.29. The molecule has 202 valence electrons. The van der Waals surface area contributed by atoms with Crippen molar-refractivity contribution in [3.8, 4) is 22.6 Å². The third-order valence-electron chi connectivity index (χ3n) is 8.13. The molecule has 1 aliphatic rings. The van der Waals surface area contributed by atoms with Crippen molar-refractivity contribution in [3.63, 3.8) is 0 Å². The lowest BCUT2D eigenvalue weighted by molar-refractivity contribution is 0.311. The zero-order valence-electron chi connectivity index (χ0n) is 23.7. The molecule has 6 rings (SSSR count). The van der Waals surface area contributed by atoms with E-state index >= 15 is 0 Å². The van der Waals surface area contributed by atoms with E-state index in [-0.39, 0.29) is 0 Å². The number of fused-ring (bicyclic) bond motifs is 2. The summed E-state index contributed by atoms with van der Waals surface area (Å²) in [5, 5.41) is 4.86. The maximum Gasteiger partial charge on any atom is 0.150 e. The van der Waals surface area contributed by atoms with Crippen LogP contribution in [0.1, 0.15) is 48.4 Å². The molecule has 0 bridgehead atoms. The Labute approximate surface area is 239 Å². The Balaban J connectivity index is 1.62. The fraction of sp³-hybridized carbons (Fsp3) is 0.243. The Morgan fingerprint density at radius 2 is 1.30 bits per heavy atom.